The number of carbonyl (C=O) groups excluding carboxylic acids is 2. The fourth-order valence-corrected chi connectivity index (χ4v) is 3.49. The summed E-state index contributed by atoms with van der Waals surface area (Å²) in [5, 5.41) is 3.37. The van der Waals surface area contributed by atoms with Crippen LogP contribution in [0.5, 0.6) is 0 Å². The smallest absolute Gasteiger partial charge is 0.340 e. The van der Waals surface area contributed by atoms with E-state index in [0.29, 0.717) is 22.6 Å². The van der Waals surface area contributed by atoms with Gasteiger partial charge >= 0.3 is 5.97 Å². The highest BCUT2D eigenvalue weighted by Gasteiger charge is 2.38. The van der Waals surface area contributed by atoms with E-state index in [1.165, 1.54) is 0 Å². The fraction of sp³-hybridized carbons (Fsp3) is 0.174. The van der Waals surface area contributed by atoms with Crippen LogP contribution in [-0.4, -0.2) is 23.5 Å². The molecule has 146 valence electrons. The summed E-state index contributed by atoms with van der Waals surface area (Å²) in [6.07, 6.45) is 1.19. The molecule has 3 aromatic rings. The van der Waals surface area contributed by atoms with Crippen molar-refractivity contribution in [2.45, 2.75) is 20.0 Å². The predicted octanol–water partition coefficient (Wildman–Crippen LogP) is 4.34. The lowest BCUT2D eigenvalue weighted by molar-refractivity contribution is 0.0527. The van der Waals surface area contributed by atoms with Crippen LogP contribution in [0.15, 0.2) is 66.9 Å². The molecule has 6 heteroatoms. The van der Waals surface area contributed by atoms with Gasteiger partial charge in [-0.25, -0.2) is 9.78 Å². The van der Waals surface area contributed by atoms with Gasteiger partial charge in [0, 0.05) is 17.3 Å². The molecule has 2 aromatic carbocycles. The van der Waals surface area contributed by atoms with E-state index in [1.807, 2.05) is 43.3 Å². The number of pyridine rings is 1. The molecule has 4 rings (SSSR count). The van der Waals surface area contributed by atoms with Crippen LogP contribution >= 0.6 is 0 Å². The zero-order valence-electron chi connectivity index (χ0n) is 16.3. The zero-order chi connectivity index (χ0) is 20.4. The average molecular weight is 387 g/mol. The first kappa shape index (κ1) is 18.7. The lowest BCUT2D eigenvalue weighted by atomic mass is 10.1. The number of aromatic nitrogens is 1. The minimum Gasteiger partial charge on any atom is -0.462 e. The van der Waals surface area contributed by atoms with E-state index in [-0.39, 0.29) is 12.5 Å². The summed E-state index contributed by atoms with van der Waals surface area (Å²) in [7, 11) is 0. The summed E-state index contributed by atoms with van der Waals surface area (Å²) < 4.78 is 5.18. The molecule has 6 nitrogen and oxygen atoms in total. The normalized spacial score (nSPS) is 15.2. The quantitative estimate of drug-likeness (QED) is 0.660. The molecular weight excluding hydrogens is 366 g/mol. The number of benzene rings is 2. The van der Waals surface area contributed by atoms with Crippen molar-refractivity contribution in [2.75, 3.05) is 16.8 Å². The molecule has 0 saturated carbocycles. The predicted molar refractivity (Wildman–Crippen MR) is 111 cm³/mol. The highest BCUT2D eigenvalue weighted by atomic mass is 16.5. The maximum absolute atomic E-state index is 13.2. The Bertz CT molecular complexity index is 1080. The second-order valence-electron chi connectivity index (χ2n) is 6.77. The van der Waals surface area contributed by atoms with Crippen LogP contribution < -0.4 is 10.2 Å². The van der Waals surface area contributed by atoms with Gasteiger partial charge in [0.05, 0.1) is 17.9 Å². The number of fused-ring (bicyclic) bond motifs is 1. The van der Waals surface area contributed by atoms with Gasteiger partial charge in [-0.2, -0.15) is 0 Å². The Morgan fingerprint density at radius 2 is 1.90 bits per heavy atom. The molecule has 0 aliphatic carbocycles. The van der Waals surface area contributed by atoms with Crippen molar-refractivity contribution in [3.05, 3.63) is 89.1 Å². The van der Waals surface area contributed by atoms with Gasteiger partial charge in [0.2, 0.25) is 0 Å². The van der Waals surface area contributed by atoms with Crippen molar-refractivity contribution in [2.24, 2.45) is 0 Å². The number of carbonyl (C=O) groups is 2. The maximum Gasteiger partial charge on any atom is 0.340 e. The van der Waals surface area contributed by atoms with E-state index >= 15 is 0 Å². The largest absolute Gasteiger partial charge is 0.462 e. The molecule has 2 heterocycles. The van der Waals surface area contributed by atoms with Crippen LogP contribution in [0.2, 0.25) is 0 Å². The van der Waals surface area contributed by atoms with Crippen molar-refractivity contribution in [3.63, 3.8) is 0 Å². The number of hydrogen-bond donors (Lipinski definition) is 1. The van der Waals surface area contributed by atoms with Gasteiger partial charge in [0.1, 0.15) is 12.0 Å². The molecule has 0 spiro atoms. The monoisotopic (exact) mass is 387 g/mol. The van der Waals surface area contributed by atoms with Crippen molar-refractivity contribution >= 4 is 23.4 Å². The Kier molecular flexibility index (Phi) is 4.99. The van der Waals surface area contributed by atoms with Crippen molar-refractivity contribution < 1.29 is 14.3 Å². The van der Waals surface area contributed by atoms with E-state index in [2.05, 4.69) is 10.3 Å². The first-order valence-corrected chi connectivity index (χ1v) is 9.48. The van der Waals surface area contributed by atoms with Gasteiger partial charge in [-0.05, 0) is 49.7 Å². The Balaban J connectivity index is 1.78. The van der Waals surface area contributed by atoms with E-state index in [1.54, 1.807) is 42.3 Å². The molecule has 1 aromatic heterocycles. The molecule has 0 radical (unpaired) electrons. The summed E-state index contributed by atoms with van der Waals surface area (Å²) >= 11 is 0. The van der Waals surface area contributed by atoms with Crippen molar-refractivity contribution in [1.82, 2.24) is 4.98 Å². The minimum absolute atomic E-state index is 0.134. The van der Waals surface area contributed by atoms with E-state index in [4.69, 9.17) is 4.74 Å². The lowest BCUT2D eigenvalue weighted by Crippen LogP contribution is -2.33. The lowest BCUT2D eigenvalue weighted by Gasteiger charge is -2.27. The molecule has 29 heavy (non-hydrogen) atoms. The number of ether oxygens (including phenoxy) is 1. The molecule has 0 saturated heterocycles. The maximum atomic E-state index is 13.2. The van der Waals surface area contributed by atoms with Crippen molar-refractivity contribution in [3.8, 4) is 0 Å². The number of nitrogens with one attached hydrogen (secondary N) is 1. The molecule has 0 fully saturated rings. The third-order valence-electron chi connectivity index (χ3n) is 4.83. The Morgan fingerprint density at radius 1 is 1.14 bits per heavy atom. The highest BCUT2D eigenvalue weighted by Crippen LogP contribution is 2.38. The Labute approximate surface area is 169 Å². The first-order chi connectivity index (χ1) is 14.1. The summed E-state index contributed by atoms with van der Waals surface area (Å²) in [6, 6.07) is 18.3. The number of hydrogen-bond acceptors (Lipinski definition) is 5. The van der Waals surface area contributed by atoms with Crippen LogP contribution in [-0.2, 0) is 4.74 Å². The fourth-order valence-electron chi connectivity index (χ4n) is 3.49. The van der Waals surface area contributed by atoms with Crippen LogP contribution in [0.1, 0.15) is 44.9 Å². The van der Waals surface area contributed by atoms with E-state index < -0.39 is 12.1 Å². The SMILES string of the molecule is CCOC(=O)c1ccccc1N[C@@H]1c2ccccc2C(=O)N1c1cc(C)ccn1. The van der Waals surface area contributed by atoms with Gasteiger partial charge in [0.25, 0.3) is 5.91 Å². The summed E-state index contributed by atoms with van der Waals surface area (Å²) in [5.74, 6) is 0.00979. The highest BCUT2D eigenvalue weighted by molar-refractivity contribution is 6.11. The number of anilines is 2. The average Bonchev–Trinajstić information content (AvgIpc) is 3.00. The van der Waals surface area contributed by atoms with Crippen LogP contribution in [0.3, 0.4) is 0 Å². The summed E-state index contributed by atoms with van der Waals surface area (Å²) in [4.78, 5) is 31.6. The summed E-state index contributed by atoms with van der Waals surface area (Å²) in [6.45, 7) is 4.01. The second kappa shape index (κ2) is 7.75. The second-order valence-corrected chi connectivity index (χ2v) is 6.77. The van der Waals surface area contributed by atoms with Gasteiger partial charge < -0.3 is 10.1 Å². The third kappa shape index (κ3) is 3.45. The molecule has 1 aliphatic rings. The Hall–Kier alpha value is -3.67. The molecule has 0 bridgehead atoms. The minimum atomic E-state index is -0.497. The van der Waals surface area contributed by atoms with Gasteiger partial charge in [-0.3, -0.25) is 9.69 Å². The topological polar surface area (TPSA) is 71.5 Å². The zero-order valence-corrected chi connectivity index (χ0v) is 16.3. The molecule has 1 aliphatic heterocycles. The van der Waals surface area contributed by atoms with E-state index in [0.717, 1.165) is 11.1 Å². The number of esters is 1. The molecule has 1 N–H and O–H groups in total. The molecule has 1 atom stereocenters. The van der Waals surface area contributed by atoms with Gasteiger partial charge in [0.15, 0.2) is 0 Å². The molecule has 1 amide bonds. The summed E-state index contributed by atoms with van der Waals surface area (Å²) in [5.41, 5.74) is 3.47. The van der Waals surface area contributed by atoms with Crippen LogP contribution in [0.25, 0.3) is 0 Å². The number of nitrogens with zero attached hydrogens (tertiary/aromatic N) is 2. The van der Waals surface area contributed by atoms with Crippen molar-refractivity contribution in [1.29, 1.82) is 0 Å². The first-order valence-electron chi connectivity index (χ1n) is 9.48. The number of para-hydroxylation sites is 1. The Morgan fingerprint density at radius 3 is 2.69 bits per heavy atom. The van der Waals surface area contributed by atoms with E-state index in [9.17, 15) is 9.59 Å². The van der Waals surface area contributed by atoms with Gasteiger partial charge in [-0.15, -0.1) is 0 Å². The number of amides is 1. The molecular formula is C23H21N3O3. The molecule has 0 unspecified atom stereocenters. The third-order valence-corrected chi connectivity index (χ3v) is 4.83. The number of aryl methyl sites for hydroxylation is 1. The van der Waals surface area contributed by atoms with Crippen LogP contribution in [0, 0.1) is 6.92 Å². The van der Waals surface area contributed by atoms with Gasteiger partial charge in [-0.1, -0.05) is 30.3 Å². The van der Waals surface area contributed by atoms with Crippen LogP contribution in [0.4, 0.5) is 11.5 Å². The number of rotatable bonds is 5. The standard InChI is InChI=1S/C23H21N3O3/c1-3-29-23(28)18-10-6-7-11-19(18)25-21-16-8-4-5-9-17(16)22(27)26(21)20-14-15(2)12-13-24-20/h4-14,21,25H,3H2,1-2H3/t21-/m0/s1.